The van der Waals surface area contributed by atoms with Crippen LogP contribution in [-0.4, -0.2) is 19.3 Å². The number of aryl methyl sites for hydroxylation is 1. The van der Waals surface area contributed by atoms with Crippen molar-refractivity contribution in [2.75, 3.05) is 5.32 Å². The third-order valence-corrected chi connectivity index (χ3v) is 5.66. The second-order valence-corrected chi connectivity index (χ2v) is 8.69. The van der Waals surface area contributed by atoms with Gasteiger partial charge < -0.3 is 10.1 Å². The monoisotopic (exact) mass is 463 g/mol. The number of nitrogens with one attached hydrogen (secondary N) is 1. The molecule has 7 nitrogen and oxygen atoms in total. The minimum atomic E-state index is -4.11. The molecule has 0 aliphatic rings. The maximum absolute atomic E-state index is 13.9. The molecule has 3 rings (SSSR count). The number of amides is 1. The second-order valence-electron chi connectivity index (χ2n) is 6.76. The van der Waals surface area contributed by atoms with Gasteiger partial charge in [0.15, 0.2) is 0 Å². The van der Waals surface area contributed by atoms with Gasteiger partial charge in [-0.3, -0.25) is 4.79 Å². The highest BCUT2D eigenvalue weighted by molar-refractivity contribution is 7.89. The summed E-state index contributed by atoms with van der Waals surface area (Å²) in [6.07, 6.45) is 1.30. The van der Waals surface area contributed by atoms with Crippen LogP contribution in [0.3, 0.4) is 0 Å². The Morgan fingerprint density at radius 3 is 2.65 bits per heavy atom. The number of nitrogens with zero attached hydrogens (tertiary/aromatic N) is 1. The number of anilines is 1. The molecule has 1 heterocycles. The lowest BCUT2D eigenvalue weighted by atomic mass is 10.1. The largest absolute Gasteiger partial charge is 0.473 e. The molecule has 3 aromatic rings. The van der Waals surface area contributed by atoms with Crippen LogP contribution in [0.15, 0.2) is 59.6 Å². The predicted molar refractivity (Wildman–Crippen MR) is 115 cm³/mol. The average Bonchev–Trinajstić information content (AvgIpc) is 2.70. The number of rotatable bonds is 7. The summed E-state index contributed by atoms with van der Waals surface area (Å²) in [5.74, 6) is -0.851. The number of benzene rings is 2. The Labute approximate surface area is 184 Å². The van der Waals surface area contributed by atoms with Crippen molar-refractivity contribution in [3.63, 3.8) is 0 Å². The van der Waals surface area contributed by atoms with Crippen LogP contribution < -0.4 is 15.2 Å². The van der Waals surface area contributed by atoms with Crippen LogP contribution in [0, 0.1) is 12.7 Å². The van der Waals surface area contributed by atoms with Crippen molar-refractivity contribution in [3.05, 3.63) is 82.3 Å². The summed E-state index contributed by atoms with van der Waals surface area (Å²) in [7, 11) is -4.11. The van der Waals surface area contributed by atoms with Crippen LogP contribution in [0.1, 0.15) is 16.7 Å². The van der Waals surface area contributed by atoms with Crippen molar-refractivity contribution in [3.8, 4) is 5.88 Å². The van der Waals surface area contributed by atoms with Gasteiger partial charge in [-0.05, 0) is 36.8 Å². The van der Waals surface area contributed by atoms with Gasteiger partial charge in [-0.25, -0.2) is 22.9 Å². The van der Waals surface area contributed by atoms with E-state index in [0.717, 1.165) is 5.56 Å². The van der Waals surface area contributed by atoms with Gasteiger partial charge in [0.1, 0.15) is 12.4 Å². The standard InChI is InChI=1S/C21H19ClFN3O4S/c1-13-5-8-21(25-11-13)30-12-14-6-7-15(9-19(14)31(24,28)29)26-20(27)10-16-17(22)3-2-4-18(16)23/h2-9,11H,10,12H2,1H3,(H,26,27)(H2,24,28,29). The zero-order chi connectivity index (χ0) is 22.6. The van der Waals surface area contributed by atoms with Crippen molar-refractivity contribution in [1.82, 2.24) is 4.98 Å². The van der Waals surface area contributed by atoms with Crippen LogP contribution in [0.25, 0.3) is 0 Å². The first-order valence-electron chi connectivity index (χ1n) is 9.07. The van der Waals surface area contributed by atoms with Crippen LogP contribution in [-0.2, 0) is 27.8 Å². The fourth-order valence-corrected chi connectivity index (χ4v) is 3.79. The molecule has 0 aliphatic carbocycles. The lowest BCUT2D eigenvalue weighted by molar-refractivity contribution is -0.115. The number of halogens is 2. The van der Waals surface area contributed by atoms with E-state index in [1.807, 2.05) is 13.0 Å². The summed E-state index contributed by atoms with van der Waals surface area (Å²) in [6, 6.07) is 11.8. The molecular formula is C21H19ClFN3O4S. The summed E-state index contributed by atoms with van der Waals surface area (Å²) < 4.78 is 43.5. The Kier molecular flexibility index (Phi) is 6.89. The maximum atomic E-state index is 13.9. The minimum absolute atomic E-state index is 0.0453. The first kappa shape index (κ1) is 22.7. The molecule has 1 amide bonds. The van der Waals surface area contributed by atoms with E-state index >= 15 is 0 Å². The zero-order valence-electron chi connectivity index (χ0n) is 16.4. The average molecular weight is 464 g/mol. The number of pyridine rings is 1. The number of primary sulfonamides is 1. The van der Waals surface area contributed by atoms with Gasteiger partial charge in [0.05, 0.1) is 11.3 Å². The molecule has 0 atom stereocenters. The number of carbonyl (C=O) groups is 1. The fraction of sp³-hybridized carbons (Fsp3) is 0.143. The number of nitrogens with two attached hydrogens (primary N) is 1. The number of hydrogen-bond acceptors (Lipinski definition) is 5. The summed E-state index contributed by atoms with van der Waals surface area (Å²) >= 11 is 5.94. The molecule has 0 aliphatic heterocycles. The van der Waals surface area contributed by atoms with Crippen LogP contribution in [0.2, 0.25) is 5.02 Å². The van der Waals surface area contributed by atoms with Crippen LogP contribution in [0.4, 0.5) is 10.1 Å². The smallest absolute Gasteiger partial charge is 0.238 e. The van der Waals surface area contributed by atoms with E-state index in [-0.39, 0.29) is 34.2 Å². The van der Waals surface area contributed by atoms with Crippen molar-refractivity contribution in [2.24, 2.45) is 5.14 Å². The Morgan fingerprint density at radius 1 is 1.23 bits per heavy atom. The Hall–Kier alpha value is -3.01. The molecule has 0 unspecified atom stereocenters. The SMILES string of the molecule is Cc1ccc(OCc2ccc(NC(=O)Cc3c(F)cccc3Cl)cc2S(N)(=O)=O)nc1. The highest BCUT2D eigenvalue weighted by Crippen LogP contribution is 2.23. The van der Waals surface area contributed by atoms with E-state index in [4.69, 9.17) is 21.5 Å². The van der Waals surface area contributed by atoms with Gasteiger partial charge >= 0.3 is 0 Å². The first-order valence-corrected chi connectivity index (χ1v) is 11.0. The highest BCUT2D eigenvalue weighted by Gasteiger charge is 2.17. The molecule has 1 aromatic heterocycles. The summed E-state index contributed by atoms with van der Waals surface area (Å²) in [6.45, 7) is 1.78. The highest BCUT2D eigenvalue weighted by atomic mass is 35.5. The van der Waals surface area contributed by atoms with Crippen LogP contribution >= 0.6 is 11.6 Å². The molecule has 31 heavy (non-hydrogen) atoms. The lowest BCUT2D eigenvalue weighted by Crippen LogP contribution is -2.18. The summed E-state index contributed by atoms with van der Waals surface area (Å²) in [4.78, 5) is 16.2. The normalized spacial score (nSPS) is 11.2. The number of carbonyl (C=O) groups excluding carboxylic acids is 1. The molecule has 3 N–H and O–H groups in total. The molecule has 0 fully saturated rings. The van der Waals surface area contributed by atoms with Gasteiger partial charge in [0, 0.05) is 34.1 Å². The van der Waals surface area contributed by atoms with E-state index in [0.29, 0.717) is 11.4 Å². The number of ether oxygens (including phenoxy) is 1. The predicted octanol–water partition coefficient (Wildman–Crippen LogP) is 3.59. The molecular weight excluding hydrogens is 445 g/mol. The van der Waals surface area contributed by atoms with Gasteiger partial charge in [0.25, 0.3) is 0 Å². The zero-order valence-corrected chi connectivity index (χ0v) is 18.0. The van der Waals surface area contributed by atoms with E-state index < -0.39 is 21.7 Å². The molecule has 10 heteroatoms. The van der Waals surface area contributed by atoms with Crippen LogP contribution in [0.5, 0.6) is 5.88 Å². The first-order chi connectivity index (χ1) is 14.6. The quantitative estimate of drug-likeness (QED) is 0.556. The fourth-order valence-electron chi connectivity index (χ4n) is 2.77. The van der Waals surface area contributed by atoms with Gasteiger partial charge in [-0.1, -0.05) is 29.8 Å². The lowest BCUT2D eigenvalue weighted by Gasteiger charge is -2.13. The summed E-state index contributed by atoms with van der Waals surface area (Å²) in [5.41, 5.74) is 1.47. The molecule has 0 radical (unpaired) electrons. The van der Waals surface area contributed by atoms with E-state index in [1.165, 1.54) is 36.4 Å². The van der Waals surface area contributed by atoms with Crippen molar-refractivity contribution in [1.29, 1.82) is 0 Å². The second kappa shape index (κ2) is 9.42. The van der Waals surface area contributed by atoms with E-state index in [1.54, 1.807) is 12.3 Å². The van der Waals surface area contributed by atoms with Crippen molar-refractivity contribution >= 4 is 33.2 Å². The molecule has 0 saturated heterocycles. The van der Waals surface area contributed by atoms with Gasteiger partial charge in [-0.2, -0.15) is 0 Å². The molecule has 162 valence electrons. The number of sulfonamides is 1. The molecule has 0 saturated carbocycles. The van der Waals surface area contributed by atoms with Gasteiger partial charge in [0.2, 0.25) is 21.8 Å². The topological polar surface area (TPSA) is 111 Å². The Bertz CT molecular complexity index is 1200. The molecule has 0 spiro atoms. The maximum Gasteiger partial charge on any atom is 0.238 e. The minimum Gasteiger partial charge on any atom is -0.473 e. The van der Waals surface area contributed by atoms with E-state index in [2.05, 4.69) is 10.3 Å². The van der Waals surface area contributed by atoms with Gasteiger partial charge in [-0.15, -0.1) is 0 Å². The molecule has 0 bridgehead atoms. The third kappa shape index (κ3) is 6.00. The Morgan fingerprint density at radius 2 is 2.00 bits per heavy atom. The van der Waals surface area contributed by atoms with Crippen molar-refractivity contribution < 1.29 is 22.3 Å². The number of aromatic nitrogens is 1. The third-order valence-electron chi connectivity index (χ3n) is 4.32. The summed E-state index contributed by atoms with van der Waals surface area (Å²) in [5, 5.41) is 7.98. The van der Waals surface area contributed by atoms with Crippen molar-refractivity contribution in [2.45, 2.75) is 24.8 Å². The molecule has 2 aromatic carbocycles. The van der Waals surface area contributed by atoms with E-state index in [9.17, 15) is 17.6 Å². The Balaban J connectivity index is 1.77. The number of hydrogen-bond donors (Lipinski definition) is 2.